The van der Waals surface area contributed by atoms with E-state index in [-0.39, 0.29) is 5.91 Å². The number of anilines is 2. The summed E-state index contributed by atoms with van der Waals surface area (Å²) in [7, 11) is 0. The Morgan fingerprint density at radius 3 is 2.71 bits per heavy atom. The lowest BCUT2D eigenvalue weighted by Crippen LogP contribution is -2.26. The molecule has 0 bridgehead atoms. The number of hydrogen-bond acceptors (Lipinski definition) is 4. The molecule has 110 valence electrons. The highest BCUT2D eigenvalue weighted by Gasteiger charge is 2.06. The average molecular weight is 284 g/mol. The fraction of sp³-hybridized carbons (Fsp3) is 0.250. The van der Waals surface area contributed by atoms with Crippen molar-refractivity contribution in [3.05, 3.63) is 53.7 Å². The maximum atomic E-state index is 12.0. The first-order chi connectivity index (χ1) is 10.2. The van der Waals surface area contributed by atoms with Crippen molar-refractivity contribution in [1.29, 1.82) is 0 Å². The Balaban J connectivity index is 1.69. The van der Waals surface area contributed by atoms with Gasteiger partial charge in [-0.1, -0.05) is 18.2 Å². The minimum Gasteiger partial charge on any atom is -0.397 e. The number of nitrogens with two attached hydrogens (primary N) is 1. The molecule has 0 aliphatic heterocycles. The molecule has 0 atom stereocenters. The Kier molecular flexibility index (Phi) is 5.15. The second-order valence-corrected chi connectivity index (χ2v) is 4.83. The molecule has 0 spiro atoms. The lowest BCUT2D eigenvalue weighted by Gasteiger charge is -2.08. The molecule has 5 heteroatoms. The molecular formula is C16H20N4O. The molecule has 2 aromatic rings. The SMILES string of the molecule is Cc1ccccc1C(=O)NCCCNc1ccc(N)cn1. The summed E-state index contributed by atoms with van der Waals surface area (Å²) in [5.41, 5.74) is 7.92. The number of rotatable bonds is 6. The number of benzene rings is 1. The number of carbonyl (C=O) groups is 1. The summed E-state index contributed by atoms with van der Waals surface area (Å²) in [5, 5.41) is 6.09. The molecule has 0 aliphatic rings. The quantitative estimate of drug-likeness (QED) is 0.710. The van der Waals surface area contributed by atoms with Crippen LogP contribution in [0, 0.1) is 6.92 Å². The third kappa shape index (κ3) is 4.49. The Bertz CT molecular complexity index is 595. The Hall–Kier alpha value is -2.56. The van der Waals surface area contributed by atoms with Crippen LogP contribution in [-0.2, 0) is 0 Å². The standard InChI is InChI=1S/C16H20N4O/c1-12-5-2-3-6-14(12)16(21)19-10-4-9-18-15-8-7-13(17)11-20-15/h2-3,5-8,11H,4,9-10,17H2,1H3,(H,18,20)(H,19,21). The van der Waals surface area contributed by atoms with Crippen LogP contribution in [0.5, 0.6) is 0 Å². The highest BCUT2D eigenvalue weighted by Crippen LogP contribution is 2.07. The van der Waals surface area contributed by atoms with E-state index in [0.29, 0.717) is 12.2 Å². The van der Waals surface area contributed by atoms with Crippen molar-refractivity contribution >= 4 is 17.4 Å². The van der Waals surface area contributed by atoms with Crippen LogP contribution < -0.4 is 16.4 Å². The van der Waals surface area contributed by atoms with Gasteiger partial charge in [0.05, 0.1) is 11.9 Å². The van der Waals surface area contributed by atoms with E-state index in [1.165, 1.54) is 0 Å². The van der Waals surface area contributed by atoms with Crippen LogP contribution in [0.3, 0.4) is 0 Å². The zero-order valence-corrected chi connectivity index (χ0v) is 12.1. The lowest BCUT2D eigenvalue weighted by molar-refractivity contribution is 0.0953. The molecule has 4 N–H and O–H groups in total. The molecule has 0 unspecified atom stereocenters. The van der Waals surface area contributed by atoms with Crippen molar-refractivity contribution in [3.63, 3.8) is 0 Å². The topological polar surface area (TPSA) is 80.0 Å². The van der Waals surface area contributed by atoms with Gasteiger partial charge in [0.2, 0.25) is 0 Å². The summed E-state index contributed by atoms with van der Waals surface area (Å²) < 4.78 is 0. The van der Waals surface area contributed by atoms with Crippen molar-refractivity contribution in [1.82, 2.24) is 10.3 Å². The smallest absolute Gasteiger partial charge is 0.251 e. The number of aryl methyl sites for hydroxylation is 1. The van der Waals surface area contributed by atoms with Gasteiger partial charge in [-0.25, -0.2) is 4.98 Å². The summed E-state index contributed by atoms with van der Waals surface area (Å²) in [6.07, 6.45) is 2.44. The Morgan fingerprint density at radius 2 is 2.00 bits per heavy atom. The molecule has 2 rings (SSSR count). The van der Waals surface area contributed by atoms with Crippen LogP contribution in [0.2, 0.25) is 0 Å². The number of pyridine rings is 1. The van der Waals surface area contributed by atoms with Gasteiger partial charge in [-0.15, -0.1) is 0 Å². The second-order valence-electron chi connectivity index (χ2n) is 4.83. The van der Waals surface area contributed by atoms with E-state index in [1.807, 2.05) is 37.3 Å². The Morgan fingerprint density at radius 1 is 1.19 bits per heavy atom. The van der Waals surface area contributed by atoms with Crippen molar-refractivity contribution in [2.24, 2.45) is 0 Å². The fourth-order valence-corrected chi connectivity index (χ4v) is 1.94. The molecule has 0 aliphatic carbocycles. The maximum Gasteiger partial charge on any atom is 0.251 e. The van der Waals surface area contributed by atoms with Gasteiger partial charge in [-0.05, 0) is 37.1 Å². The largest absolute Gasteiger partial charge is 0.397 e. The molecule has 1 aromatic carbocycles. The summed E-state index contributed by atoms with van der Waals surface area (Å²) >= 11 is 0. The van der Waals surface area contributed by atoms with Crippen LogP contribution in [0.25, 0.3) is 0 Å². The van der Waals surface area contributed by atoms with Gasteiger partial charge >= 0.3 is 0 Å². The predicted molar refractivity (Wildman–Crippen MR) is 85.3 cm³/mol. The molecule has 0 radical (unpaired) electrons. The van der Waals surface area contributed by atoms with E-state index in [9.17, 15) is 4.79 Å². The maximum absolute atomic E-state index is 12.0. The minimum absolute atomic E-state index is 0.0290. The van der Waals surface area contributed by atoms with E-state index in [0.717, 1.165) is 29.9 Å². The van der Waals surface area contributed by atoms with Gasteiger partial charge in [0.15, 0.2) is 0 Å². The first-order valence-corrected chi connectivity index (χ1v) is 6.96. The number of amides is 1. The number of aromatic nitrogens is 1. The van der Waals surface area contributed by atoms with E-state index in [4.69, 9.17) is 5.73 Å². The van der Waals surface area contributed by atoms with Crippen molar-refractivity contribution in [2.75, 3.05) is 24.1 Å². The van der Waals surface area contributed by atoms with Crippen molar-refractivity contribution < 1.29 is 4.79 Å². The van der Waals surface area contributed by atoms with Crippen LogP contribution in [-0.4, -0.2) is 24.0 Å². The van der Waals surface area contributed by atoms with Crippen LogP contribution in [0.15, 0.2) is 42.6 Å². The minimum atomic E-state index is -0.0290. The molecule has 1 amide bonds. The number of hydrogen-bond donors (Lipinski definition) is 3. The normalized spacial score (nSPS) is 10.1. The van der Waals surface area contributed by atoms with Gasteiger partial charge in [0.1, 0.15) is 5.82 Å². The van der Waals surface area contributed by atoms with Gasteiger partial charge in [0.25, 0.3) is 5.91 Å². The molecule has 0 saturated heterocycles. The summed E-state index contributed by atoms with van der Waals surface area (Å²) in [6.45, 7) is 3.29. The van der Waals surface area contributed by atoms with Crippen molar-refractivity contribution in [3.8, 4) is 0 Å². The van der Waals surface area contributed by atoms with Crippen LogP contribution in [0.4, 0.5) is 11.5 Å². The number of carbonyl (C=O) groups excluding carboxylic acids is 1. The van der Waals surface area contributed by atoms with E-state index < -0.39 is 0 Å². The van der Waals surface area contributed by atoms with Gasteiger partial charge in [0, 0.05) is 18.7 Å². The van der Waals surface area contributed by atoms with Gasteiger partial charge in [-0.2, -0.15) is 0 Å². The third-order valence-corrected chi connectivity index (χ3v) is 3.12. The van der Waals surface area contributed by atoms with Crippen LogP contribution in [0.1, 0.15) is 22.3 Å². The molecular weight excluding hydrogens is 264 g/mol. The summed E-state index contributed by atoms with van der Waals surface area (Å²) in [4.78, 5) is 16.1. The fourth-order valence-electron chi connectivity index (χ4n) is 1.94. The number of nitrogens with zero attached hydrogens (tertiary/aromatic N) is 1. The molecule has 1 aromatic heterocycles. The highest BCUT2D eigenvalue weighted by molar-refractivity contribution is 5.95. The van der Waals surface area contributed by atoms with E-state index in [1.54, 1.807) is 12.3 Å². The number of nitrogens with one attached hydrogen (secondary N) is 2. The third-order valence-electron chi connectivity index (χ3n) is 3.12. The molecule has 1 heterocycles. The molecule has 21 heavy (non-hydrogen) atoms. The first-order valence-electron chi connectivity index (χ1n) is 6.96. The van der Waals surface area contributed by atoms with Gasteiger partial charge in [-0.3, -0.25) is 4.79 Å². The lowest BCUT2D eigenvalue weighted by atomic mass is 10.1. The van der Waals surface area contributed by atoms with Crippen molar-refractivity contribution in [2.45, 2.75) is 13.3 Å². The molecule has 5 nitrogen and oxygen atoms in total. The number of nitrogen functional groups attached to an aromatic ring is 1. The monoisotopic (exact) mass is 284 g/mol. The Labute approximate surface area is 124 Å². The zero-order valence-electron chi connectivity index (χ0n) is 12.1. The molecule has 0 fully saturated rings. The zero-order chi connectivity index (χ0) is 15.1. The summed E-state index contributed by atoms with van der Waals surface area (Å²) in [5.74, 6) is 0.758. The van der Waals surface area contributed by atoms with E-state index >= 15 is 0 Å². The summed E-state index contributed by atoms with van der Waals surface area (Å²) in [6, 6.07) is 11.2. The second kappa shape index (κ2) is 7.28. The first kappa shape index (κ1) is 14.8. The highest BCUT2D eigenvalue weighted by atomic mass is 16.1. The average Bonchev–Trinajstić information content (AvgIpc) is 2.49. The van der Waals surface area contributed by atoms with Crippen LogP contribution >= 0.6 is 0 Å². The van der Waals surface area contributed by atoms with E-state index in [2.05, 4.69) is 15.6 Å². The predicted octanol–water partition coefficient (Wildman–Crippen LogP) is 2.20. The van der Waals surface area contributed by atoms with Gasteiger partial charge < -0.3 is 16.4 Å². The molecule has 0 saturated carbocycles.